The van der Waals surface area contributed by atoms with Gasteiger partial charge in [0.25, 0.3) is 0 Å². The number of nitrogens with zero attached hydrogens (tertiary/aromatic N) is 2. The van der Waals surface area contributed by atoms with Gasteiger partial charge in [-0.3, -0.25) is 5.41 Å². The van der Waals surface area contributed by atoms with Crippen molar-refractivity contribution in [2.24, 2.45) is 0 Å². The normalized spacial score (nSPS) is 11.1. The molecule has 0 fully saturated rings. The third-order valence-electron chi connectivity index (χ3n) is 8.36. The van der Waals surface area contributed by atoms with E-state index >= 15 is 0 Å². The molecule has 48 heavy (non-hydrogen) atoms. The number of benzene rings is 7. The van der Waals surface area contributed by atoms with Crippen LogP contribution in [0, 0.1) is 5.41 Å². The zero-order valence-electron chi connectivity index (χ0n) is 26.0. The minimum Gasteiger partial charge on any atom is -0.310 e. The van der Waals surface area contributed by atoms with Gasteiger partial charge in [0, 0.05) is 59.1 Å². The summed E-state index contributed by atoms with van der Waals surface area (Å²) in [5.74, 6) is 0. The molecule has 1 N–H and O–H groups in total. The Morgan fingerprint density at radius 2 is 0.958 bits per heavy atom. The van der Waals surface area contributed by atoms with E-state index in [1.807, 2.05) is 24.3 Å². The second-order valence-corrected chi connectivity index (χ2v) is 13.5. The number of para-hydroxylation sites is 4. The van der Waals surface area contributed by atoms with Crippen LogP contribution in [0.4, 0.5) is 34.1 Å². The fourth-order valence-corrected chi connectivity index (χ4v) is 8.41. The van der Waals surface area contributed by atoms with Gasteiger partial charge in [-0.05, 0) is 72.8 Å². The van der Waals surface area contributed by atoms with E-state index in [2.05, 4.69) is 168 Å². The molecule has 5 heteroatoms. The average Bonchev–Trinajstić information content (AvgIpc) is 3.53. The minimum absolute atomic E-state index is 0.512. The third kappa shape index (κ3) is 5.75. The molecule has 0 atom stereocenters. The molecule has 0 aliphatic rings. The fraction of sp³-hybridized carbons (Fsp3) is 0. The maximum Gasteiger partial charge on any atom is 0.101 e. The standard InChI is InChI=1S/C43H31N3S2/c44-43(38-26-15-25-37-36-24-13-14-27-40(36)47-42(37)38)48-41-30-35(45(31-16-5-1-6-17-31)32-18-7-2-8-19-32)28-29-39(41)46(33-20-9-3-10-21-33)34-22-11-4-12-23-34/h1-30,44H. The molecule has 0 amide bonds. The fourth-order valence-electron chi connectivity index (χ4n) is 6.18. The number of thiophene rings is 1. The third-order valence-corrected chi connectivity index (χ3v) is 10.6. The van der Waals surface area contributed by atoms with Crippen molar-refractivity contribution < 1.29 is 0 Å². The van der Waals surface area contributed by atoms with E-state index in [1.54, 1.807) is 11.3 Å². The number of rotatable bonds is 8. The van der Waals surface area contributed by atoms with Gasteiger partial charge in [-0.25, -0.2) is 0 Å². The second kappa shape index (κ2) is 13.2. The van der Waals surface area contributed by atoms with Crippen LogP contribution in [0.15, 0.2) is 187 Å². The molecule has 0 saturated heterocycles. The van der Waals surface area contributed by atoms with Crippen molar-refractivity contribution in [1.29, 1.82) is 5.41 Å². The van der Waals surface area contributed by atoms with Gasteiger partial charge < -0.3 is 9.80 Å². The topological polar surface area (TPSA) is 30.3 Å². The summed E-state index contributed by atoms with van der Waals surface area (Å²) < 4.78 is 2.38. The molecule has 1 heterocycles. The van der Waals surface area contributed by atoms with Crippen molar-refractivity contribution in [3.63, 3.8) is 0 Å². The van der Waals surface area contributed by atoms with Gasteiger partial charge in [0.15, 0.2) is 0 Å². The quantitative estimate of drug-likeness (QED) is 0.101. The molecule has 8 rings (SSSR count). The minimum atomic E-state index is 0.512. The number of hydrogen-bond acceptors (Lipinski definition) is 5. The molecule has 7 aromatic carbocycles. The number of thioether (sulfide) groups is 1. The summed E-state index contributed by atoms with van der Waals surface area (Å²) in [7, 11) is 0. The highest BCUT2D eigenvalue weighted by Gasteiger charge is 2.22. The van der Waals surface area contributed by atoms with Gasteiger partial charge in [0.1, 0.15) is 5.04 Å². The molecule has 8 aromatic rings. The molecule has 1 aromatic heterocycles. The van der Waals surface area contributed by atoms with E-state index in [1.165, 1.54) is 27.2 Å². The van der Waals surface area contributed by atoms with Gasteiger partial charge >= 0.3 is 0 Å². The Morgan fingerprint density at radius 1 is 0.458 bits per heavy atom. The van der Waals surface area contributed by atoms with Crippen molar-refractivity contribution in [3.05, 3.63) is 188 Å². The molecular formula is C43H31N3S2. The van der Waals surface area contributed by atoms with E-state index in [4.69, 9.17) is 0 Å². The largest absolute Gasteiger partial charge is 0.310 e. The van der Waals surface area contributed by atoms with Gasteiger partial charge in [0.05, 0.1) is 5.69 Å². The zero-order chi connectivity index (χ0) is 32.3. The maximum absolute atomic E-state index is 9.61. The maximum atomic E-state index is 9.61. The molecule has 0 aliphatic heterocycles. The van der Waals surface area contributed by atoms with Gasteiger partial charge in [0.2, 0.25) is 0 Å². The first-order valence-electron chi connectivity index (χ1n) is 15.9. The molecular weight excluding hydrogens is 623 g/mol. The Balaban J connectivity index is 1.31. The predicted octanol–water partition coefficient (Wildman–Crippen LogP) is 13.1. The van der Waals surface area contributed by atoms with E-state index in [9.17, 15) is 5.41 Å². The van der Waals surface area contributed by atoms with Crippen LogP contribution in [-0.2, 0) is 0 Å². The van der Waals surface area contributed by atoms with Gasteiger partial charge in [-0.15, -0.1) is 11.3 Å². The number of fused-ring (bicyclic) bond motifs is 3. The Labute approximate surface area is 288 Å². The first-order valence-corrected chi connectivity index (χ1v) is 17.5. The lowest BCUT2D eigenvalue weighted by molar-refractivity contribution is 1.21. The summed E-state index contributed by atoms with van der Waals surface area (Å²) in [6, 6.07) is 63.3. The summed E-state index contributed by atoms with van der Waals surface area (Å²) in [4.78, 5) is 5.55. The lowest BCUT2D eigenvalue weighted by Crippen LogP contribution is -2.13. The smallest absolute Gasteiger partial charge is 0.101 e. The van der Waals surface area contributed by atoms with Crippen LogP contribution in [0.3, 0.4) is 0 Å². The van der Waals surface area contributed by atoms with Gasteiger partial charge in [-0.1, -0.05) is 121 Å². The highest BCUT2D eigenvalue weighted by atomic mass is 32.2. The predicted molar refractivity (Wildman–Crippen MR) is 208 cm³/mol. The van der Waals surface area contributed by atoms with Crippen LogP contribution in [0.25, 0.3) is 20.2 Å². The van der Waals surface area contributed by atoms with Crippen molar-refractivity contribution in [2.45, 2.75) is 4.90 Å². The summed E-state index contributed by atoms with van der Waals surface area (Å²) in [6.45, 7) is 0. The molecule has 0 saturated carbocycles. The Hall–Kier alpha value is -5.62. The van der Waals surface area contributed by atoms with Crippen LogP contribution in [0.5, 0.6) is 0 Å². The molecule has 0 aliphatic carbocycles. The molecule has 230 valence electrons. The highest BCUT2D eigenvalue weighted by molar-refractivity contribution is 8.14. The number of anilines is 6. The monoisotopic (exact) mass is 653 g/mol. The molecule has 0 unspecified atom stereocenters. The first-order chi connectivity index (χ1) is 23.7. The van der Waals surface area contributed by atoms with Crippen LogP contribution in [0.1, 0.15) is 5.56 Å². The average molecular weight is 654 g/mol. The molecule has 3 nitrogen and oxygen atoms in total. The van der Waals surface area contributed by atoms with E-state index in [0.29, 0.717) is 5.04 Å². The first kappa shape index (κ1) is 29.8. The van der Waals surface area contributed by atoms with Crippen LogP contribution < -0.4 is 9.80 Å². The van der Waals surface area contributed by atoms with E-state index in [0.717, 1.165) is 49.3 Å². The van der Waals surface area contributed by atoms with Crippen LogP contribution >= 0.6 is 23.1 Å². The van der Waals surface area contributed by atoms with Crippen molar-refractivity contribution in [2.75, 3.05) is 9.80 Å². The zero-order valence-corrected chi connectivity index (χ0v) is 27.7. The lowest BCUT2D eigenvalue weighted by atomic mass is 10.1. The van der Waals surface area contributed by atoms with Crippen molar-refractivity contribution in [3.8, 4) is 0 Å². The summed E-state index contributed by atoms with van der Waals surface area (Å²) in [6.07, 6.45) is 0. The number of nitrogens with one attached hydrogen (secondary N) is 1. The second-order valence-electron chi connectivity index (χ2n) is 11.4. The highest BCUT2D eigenvalue weighted by Crippen LogP contribution is 2.46. The Morgan fingerprint density at radius 3 is 1.54 bits per heavy atom. The number of hydrogen-bond donors (Lipinski definition) is 1. The summed E-state index contributed by atoms with van der Waals surface area (Å²) >= 11 is 3.27. The van der Waals surface area contributed by atoms with Crippen LogP contribution in [-0.4, -0.2) is 5.04 Å². The van der Waals surface area contributed by atoms with Gasteiger partial charge in [-0.2, -0.15) is 0 Å². The Bertz CT molecular complexity index is 2260. The van der Waals surface area contributed by atoms with E-state index < -0.39 is 0 Å². The van der Waals surface area contributed by atoms with E-state index in [-0.39, 0.29) is 0 Å². The summed E-state index contributed by atoms with van der Waals surface area (Å²) in [5, 5.41) is 12.6. The van der Waals surface area contributed by atoms with Crippen LogP contribution in [0.2, 0.25) is 0 Å². The SMILES string of the molecule is N=C(Sc1cc(N(c2ccccc2)c2ccccc2)ccc1N(c1ccccc1)c1ccccc1)c1cccc2c1sc1ccccc12. The molecule has 0 bridgehead atoms. The molecule has 0 spiro atoms. The molecule has 0 radical (unpaired) electrons. The summed E-state index contributed by atoms with van der Waals surface area (Å²) in [5.41, 5.74) is 7.23. The van der Waals surface area contributed by atoms with Crippen molar-refractivity contribution in [1.82, 2.24) is 0 Å². The Kier molecular flexibility index (Phi) is 8.21. The van der Waals surface area contributed by atoms with Crippen molar-refractivity contribution >= 4 is 82.4 Å². The lowest BCUT2D eigenvalue weighted by Gasteiger charge is -2.30.